The van der Waals surface area contributed by atoms with E-state index < -0.39 is 0 Å². The Kier molecular flexibility index (Phi) is 2.59. The molecule has 0 aromatic carbocycles. The number of fused-ring (bicyclic) bond motifs is 1. The van der Waals surface area contributed by atoms with E-state index in [2.05, 4.69) is 28.7 Å². The molecule has 3 heteroatoms. The van der Waals surface area contributed by atoms with E-state index in [4.69, 9.17) is 0 Å². The fraction of sp³-hybridized carbons (Fsp3) is 0.727. The van der Waals surface area contributed by atoms with Crippen LogP contribution in [-0.4, -0.2) is 23.1 Å². The lowest BCUT2D eigenvalue weighted by atomic mass is 9.99. The van der Waals surface area contributed by atoms with Gasteiger partial charge in [-0.25, -0.2) is 4.98 Å². The molecule has 78 valence electrons. The summed E-state index contributed by atoms with van der Waals surface area (Å²) in [7, 11) is 2.03. The monoisotopic (exact) mass is 193 g/mol. The molecule has 0 bridgehead atoms. The summed E-state index contributed by atoms with van der Waals surface area (Å²) < 4.78 is 2.39. The van der Waals surface area contributed by atoms with Crippen LogP contribution in [0.1, 0.15) is 23.6 Å². The molecule has 1 aromatic heterocycles. The minimum atomic E-state index is 0.778. The zero-order valence-electron chi connectivity index (χ0n) is 9.30. The summed E-state index contributed by atoms with van der Waals surface area (Å²) in [4.78, 5) is 4.59. The van der Waals surface area contributed by atoms with Crippen LogP contribution < -0.4 is 5.32 Å². The lowest BCUT2D eigenvalue weighted by Gasteiger charge is -2.24. The van der Waals surface area contributed by atoms with Crippen LogP contribution in [-0.2, 0) is 13.0 Å². The van der Waals surface area contributed by atoms with Crippen molar-refractivity contribution >= 4 is 0 Å². The third kappa shape index (κ3) is 1.57. The Morgan fingerprint density at radius 3 is 3.00 bits per heavy atom. The second-order valence-corrected chi connectivity index (χ2v) is 4.27. The van der Waals surface area contributed by atoms with Crippen molar-refractivity contribution < 1.29 is 0 Å². The normalized spacial score (nSPS) is 20.9. The van der Waals surface area contributed by atoms with Crippen LogP contribution in [0.15, 0.2) is 0 Å². The first-order chi connectivity index (χ1) is 6.72. The highest BCUT2D eigenvalue weighted by molar-refractivity contribution is 5.15. The summed E-state index contributed by atoms with van der Waals surface area (Å²) in [5, 5.41) is 3.26. The molecule has 0 fully saturated rings. The Morgan fingerprint density at radius 2 is 2.29 bits per heavy atom. The third-order valence-electron chi connectivity index (χ3n) is 3.25. The van der Waals surface area contributed by atoms with E-state index in [-0.39, 0.29) is 0 Å². The molecule has 2 heterocycles. The van der Waals surface area contributed by atoms with Crippen LogP contribution in [0, 0.1) is 19.8 Å². The summed E-state index contributed by atoms with van der Waals surface area (Å²) in [6.07, 6.45) is 2.41. The Hall–Kier alpha value is -0.830. The molecule has 1 unspecified atom stereocenters. The molecule has 2 rings (SSSR count). The van der Waals surface area contributed by atoms with Crippen LogP contribution in [0.25, 0.3) is 0 Å². The smallest absolute Gasteiger partial charge is 0.109 e. The number of aryl methyl sites for hydroxylation is 2. The molecule has 0 amide bonds. The summed E-state index contributed by atoms with van der Waals surface area (Å²) >= 11 is 0. The Labute approximate surface area is 85.5 Å². The van der Waals surface area contributed by atoms with Crippen molar-refractivity contribution in [2.75, 3.05) is 13.6 Å². The van der Waals surface area contributed by atoms with Gasteiger partial charge in [0.2, 0.25) is 0 Å². The van der Waals surface area contributed by atoms with Gasteiger partial charge in [0.05, 0.1) is 5.69 Å². The Bertz CT molecular complexity index is 328. The number of aromatic nitrogens is 2. The molecule has 1 aliphatic heterocycles. The van der Waals surface area contributed by atoms with Crippen molar-refractivity contribution in [3.63, 3.8) is 0 Å². The summed E-state index contributed by atoms with van der Waals surface area (Å²) in [6.45, 7) is 6.54. The van der Waals surface area contributed by atoms with Gasteiger partial charge in [-0.2, -0.15) is 0 Å². The molecule has 1 aliphatic rings. The molecule has 1 N–H and O–H groups in total. The van der Waals surface area contributed by atoms with E-state index >= 15 is 0 Å². The fourth-order valence-electron chi connectivity index (χ4n) is 2.29. The van der Waals surface area contributed by atoms with Gasteiger partial charge in [0.15, 0.2) is 0 Å². The van der Waals surface area contributed by atoms with Gasteiger partial charge in [-0.15, -0.1) is 0 Å². The highest BCUT2D eigenvalue weighted by atomic mass is 15.1. The average molecular weight is 193 g/mol. The molecule has 0 saturated carbocycles. The second-order valence-electron chi connectivity index (χ2n) is 4.27. The number of nitrogens with zero attached hydrogens (tertiary/aromatic N) is 2. The van der Waals surface area contributed by atoms with Gasteiger partial charge in [-0.3, -0.25) is 0 Å². The minimum absolute atomic E-state index is 0.778. The van der Waals surface area contributed by atoms with E-state index in [0.29, 0.717) is 0 Å². The number of rotatable bonds is 2. The Morgan fingerprint density at radius 1 is 1.50 bits per heavy atom. The van der Waals surface area contributed by atoms with Gasteiger partial charge in [-0.1, -0.05) is 0 Å². The molecule has 1 atom stereocenters. The topological polar surface area (TPSA) is 29.9 Å². The quantitative estimate of drug-likeness (QED) is 0.767. The predicted octanol–water partition coefficient (Wildman–Crippen LogP) is 1.28. The molecule has 0 spiro atoms. The number of imidazole rings is 1. The van der Waals surface area contributed by atoms with E-state index in [1.165, 1.54) is 23.6 Å². The molecule has 0 aliphatic carbocycles. The zero-order chi connectivity index (χ0) is 10.1. The van der Waals surface area contributed by atoms with Gasteiger partial charge in [0, 0.05) is 18.7 Å². The van der Waals surface area contributed by atoms with E-state index in [1.54, 1.807) is 0 Å². The first-order valence-corrected chi connectivity index (χ1v) is 5.39. The van der Waals surface area contributed by atoms with Crippen LogP contribution >= 0.6 is 0 Å². The maximum Gasteiger partial charge on any atom is 0.109 e. The van der Waals surface area contributed by atoms with Gasteiger partial charge >= 0.3 is 0 Å². The van der Waals surface area contributed by atoms with Crippen LogP contribution in [0.3, 0.4) is 0 Å². The summed E-state index contributed by atoms with van der Waals surface area (Å²) in [5.41, 5.74) is 2.55. The van der Waals surface area contributed by atoms with Gasteiger partial charge in [0.1, 0.15) is 5.82 Å². The van der Waals surface area contributed by atoms with Crippen molar-refractivity contribution in [1.82, 2.24) is 14.9 Å². The summed E-state index contributed by atoms with van der Waals surface area (Å²) in [5.74, 6) is 2.06. The number of hydrogen-bond donors (Lipinski definition) is 1. The van der Waals surface area contributed by atoms with Crippen molar-refractivity contribution in [1.29, 1.82) is 0 Å². The SMILES string of the molecule is CNCC1CCc2nc(C)c(C)n2C1. The van der Waals surface area contributed by atoms with E-state index in [1.807, 2.05) is 7.05 Å². The van der Waals surface area contributed by atoms with Crippen molar-refractivity contribution in [2.45, 2.75) is 33.2 Å². The van der Waals surface area contributed by atoms with Crippen LogP contribution in [0.5, 0.6) is 0 Å². The molecule has 14 heavy (non-hydrogen) atoms. The predicted molar refractivity (Wildman–Crippen MR) is 57.4 cm³/mol. The number of hydrogen-bond acceptors (Lipinski definition) is 2. The van der Waals surface area contributed by atoms with Crippen molar-refractivity contribution in [3.8, 4) is 0 Å². The first kappa shape index (κ1) is 9.71. The molecule has 1 aromatic rings. The van der Waals surface area contributed by atoms with E-state index in [9.17, 15) is 0 Å². The fourth-order valence-corrected chi connectivity index (χ4v) is 2.29. The Balaban J connectivity index is 2.20. The van der Waals surface area contributed by atoms with Crippen LogP contribution in [0.2, 0.25) is 0 Å². The second kappa shape index (κ2) is 3.73. The lowest BCUT2D eigenvalue weighted by Crippen LogP contribution is -2.28. The average Bonchev–Trinajstić information content (AvgIpc) is 2.45. The highest BCUT2D eigenvalue weighted by Crippen LogP contribution is 2.22. The third-order valence-corrected chi connectivity index (χ3v) is 3.25. The molecule has 3 nitrogen and oxygen atoms in total. The lowest BCUT2D eigenvalue weighted by molar-refractivity contribution is 0.352. The van der Waals surface area contributed by atoms with E-state index in [0.717, 1.165) is 25.4 Å². The minimum Gasteiger partial charge on any atom is -0.332 e. The van der Waals surface area contributed by atoms with Crippen molar-refractivity contribution in [2.24, 2.45) is 5.92 Å². The maximum absolute atomic E-state index is 4.59. The molecule has 0 saturated heterocycles. The molecular formula is C11H19N3. The molecule has 0 radical (unpaired) electrons. The first-order valence-electron chi connectivity index (χ1n) is 5.39. The van der Waals surface area contributed by atoms with Gasteiger partial charge in [-0.05, 0) is 39.8 Å². The standard InChI is InChI=1S/C11H19N3/c1-8-9(2)14-7-10(6-12-3)4-5-11(14)13-8/h10,12H,4-7H2,1-3H3. The highest BCUT2D eigenvalue weighted by Gasteiger charge is 2.21. The van der Waals surface area contributed by atoms with Crippen molar-refractivity contribution in [3.05, 3.63) is 17.2 Å². The summed E-state index contributed by atoms with van der Waals surface area (Å²) in [6, 6.07) is 0. The van der Waals surface area contributed by atoms with Gasteiger partial charge in [0.25, 0.3) is 0 Å². The maximum atomic E-state index is 4.59. The zero-order valence-corrected chi connectivity index (χ0v) is 9.30. The number of nitrogens with one attached hydrogen (secondary N) is 1. The van der Waals surface area contributed by atoms with Gasteiger partial charge < -0.3 is 9.88 Å². The van der Waals surface area contributed by atoms with Crippen LogP contribution in [0.4, 0.5) is 0 Å². The molecular weight excluding hydrogens is 174 g/mol. The largest absolute Gasteiger partial charge is 0.332 e.